The third kappa shape index (κ3) is 2.10. The smallest absolute Gasteiger partial charge is 0.306 e. The monoisotopic (exact) mass is 271 g/mol. The van der Waals surface area contributed by atoms with Gasteiger partial charge in [0.2, 0.25) is 0 Å². The Kier molecular flexibility index (Phi) is 3.26. The van der Waals surface area contributed by atoms with Crippen LogP contribution in [0.2, 0.25) is 0 Å². The van der Waals surface area contributed by atoms with E-state index in [0.29, 0.717) is 6.04 Å². The molecule has 1 aromatic heterocycles. The van der Waals surface area contributed by atoms with Crippen molar-refractivity contribution in [2.75, 3.05) is 6.54 Å². The van der Waals surface area contributed by atoms with Crippen LogP contribution >= 0.6 is 0 Å². The Morgan fingerprint density at radius 2 is 2.30 bits per heavy atom. The minimum atomic E-state index is 0.00285. The third-order valence-electron chi connectivity index (χ3n) is 4.10. The largest absolute Gasteiger partial charge is 0.326 e. The van der Waals surface area contributed by atoms with Gasteiger partial charge in [0.1, 0.15) is 0 Å². The summed E-state index contributed by atoms with van der Waals surface area (Å²) in [4.78, 5) is 17.6. The Hall–Kier alpha value is -1.81. The number of benzene rings is 1. The predicted molar refractivity (Wildman–Crippen MR) is 81.9 cm³/mol. The topological polar surface area (TPSA) is 41.0 Å². The van der Waals surface area contributed by atoms with Crippen molar-refractivity contribution < 1.29 is 0 Å². The van der Waals surface area contributed by atoms with Gasteiger partial charge in [0.15, 0.2) is 0 Å². The van der Waals surface area contributed by atoms with Gasteiger partial charge in [-0.1, -0.05) is 31.2 Å². The number of rotatable bonds is 3. The van der Waals surface area contributed by atoms with E-state index in [1.54, 1.807) is 0 Å². The van der Waals surface area contributed by atoms with Gasteiger partial charge in [0.25, 0.3) is 0 Å². The minimum Gasteiger partial charge on any atom is -0.306 e. The lowest BCUT2D eigenvalue weighted by Crippen LogP contribution is -2.38. The molecule has 1 atom stereocenters. The first kappa shape index (κ1) is 13.2. The molecule has 2 aromatic rings. The first-order valence-electron chi connectivity index (χ1n) is 7.19. The van der Waals surface area contributed by atoms with Gasteiger partial charge in [-0.25, -0.2) is 4.79 Å². The van der Waals surface area contributed by atoms with Crippen molar-refractivity contribution in [2.45, 2.75) is 39.4 Å². The second-order valence-corrected chi connectivity index (χ2v) is 5.78. The Labute approximate surface area is 118 Å². The molecular weight excluding hydrogens is 250 g/mol. The van der Waals surface area contributed by atoms with Gasteiger partial charge in [-0.05, 0) is 25.0 Å². The summed E-state index contributed by atoms with van der Waals surface area (Å²) in [7, 11) is 0. The van der Waals surface area contributed by atoms with Crippen LogP contribution in [0.4, 0.5) is 0 Å². The van der Waals surface area contributed by atoms with Crippen molar-refractivity contribution in [3.05, 3.63) is 46.4 Å². The summed E-state index contributed by atoms with van der Waals surface area (Å²) in [6.07, 6.45) is 1.03. The molecule has 2 heterocycles. The maximum atomic E-state index is 12.2. The van der Waals surface area contributed by atoms with Crippen molar-refractivity contribution in [1.29, 1.82) is 0 Å². The molecule has 106 valence electrons. The molecule has 3 rings (SSSR count). The van der Waals surface area contributed by atoms with Gasteiger partial charge in [-0.3, -0.25) is 9.47 Å². The number of aromatic amines is 1. The van der Waals surface area contributed by atoms with E-state index in [4.69, 9.17) is 0 Å². The van der Waals surface area contributed by atoms with E-state index in [-0.39, 0.29) is 5.69 Å². The second kappa shape index (κ2) is 4.94. The van der Waals surface area contributed by atoms with Crippen LogP contribution in [0.5, 0.6) is 0 Å². The van der Waals surface area contributed by atoms with Gasteiger partial charge in [-0.2, -0.15) is 0 Å². The van der Waals surface area contributed by atoms with Gasteiger partial charge in [-0.15, -0.1) is 0 Å². The van der Waals surface area contributed by atoms with E-state index in [2.05, 4.69) is 36.4 Å². The third-order valence-corrected chi connectivity index (χ3v) is 4.10. The fraction of sp³-hybridized carbons (Fsp3) is 0.438. The van der Waals surface area contributed by atoms with Crippen LogP contribution in [0.25, 0.3) is 11.0 Å². The standard InChI is InChI=1S/C16H21N3O/c1-4-13-10-19-15-12(9-18(13)8-11(2)3)6-5-7-14(15)17-16(19)20/h5-7,13H,2,4,8-10H2,1,3H3,(H,17,20). The van der Waals surface area contributed by atoms with Crippen LogP contribution in [0, 0.1) is 0 Å². The number of H-pyrrole nitrogens is 1. The number of hydrogen-bond donors (Lipinski definition) is 1. The zero-order chi connectivity index (χ0) is 14.3. The average molecular weight is 271 g/mol. The van der Waals surface area contributed by atoms with E-state index >= 15 is 0 Å². The molecule has 0 aliphatic carbocycles. The molecule has 0 bridgehead atoms. The number of hydrogen-bond acceptors (Lipinski definition) is 2. The van der Waals surface area contributed by atoms with Gasteiger partial charge < -0.3 is 4.98 Å². The maximum Gasteiger partial charge on any atom is 0.326 e. The van der Waals surface area contributed by atoms with Crippen LogP contribution in [-0.4, -0.2) is 27.0 Å². The quantitative estimate of drug-likeness (QED) is 0.871. The molecule has 1 aromatic carbocycles. The lowest BCUT2D eigenvalue weighted by Gasteiger charge is -2.29. The highest BCUT2D eigenvalue weighted by Crippen LogP contribution is 2.24. The minimum absolute atomic E-state index is 0.00285. The first-order valence-corrected chi connectivity index (χ1v) is 7.19. The zero-order valence-electron chi connectivity index (χ0n) is 12.1. The number of imidazole rings is 1. The van der Waals surface area contributed by atoms with Crippen molar-refractivity contribution in [1.82, 2.24) is 14.5 Å². The summed E-state index contributed by atoms with van der Waals surface area (Å²) in [5.74, 6) is 0. The molecule has 1 N–H and O–H groups in total. The van der Waals surface area contributed by atoms with Crippen LogP contribution in [0.3, 0.4) is 0 Å². The zero-order valence-corrected chi connectivity index (χ0v) is 12.1. The van der Waals surface area contributed by atoms with E-state index in [1.165, 1.54) is 5.56 Å². The normalized spacial score (nSPS) is 19.2. The highest BCUT2D eigenvalue weighted by atomic mass is 16.1. The number of aromatic nitrogens is 2. The Morgan fingerprint density at radius 3 is 3.00 bits per heavy atom. The fourth-order valence-electron chi connectivity index (χ4n) is 3.19. The number of nitrogens with one attached hydrogen (secondary N) is 1. The maximum absolute atomic E-state index is 12.2. The summed E-state index contributed by atoms with van der Waals surface area (Å²) in [5.41, 5.74) is 4.40. The number of nitrogens with zero attached hydrogens (tertiary/aromatic N) is 2. The van der Waals surface area contributed by atoms with E-state index in [1.807, 2.05) is 16.7 Å². The molecule has 4 nitrogen and oxygen atoms in total. The van der Waals surface area contributed by atoms with Crippen LogP contribution in [0.1, 0.15) is 25.8 Å². The molecule has 1 aliphatic rings. The SMILES string of the molecule is C=C(C)CN1Cc2cccc3[nH]c(=O)n(c23)CC1CC. The number of para-hydroxylation sites is 1. The van der Waals surface area contributed by atoms with Crippen molar-refractivity contribution >= 4 is 11.0 Å². The van der Waals surface area contributed by atoms with Crippen molar-refractivity contribution in [3.63, 3.8) is 0 Å². The Morgan fingerprint density at radius 1 is 1.50 bits per heavy atom. The van der Waals surface area contributed by atoms with Gasteiger partial charge in [0, 0.05) is 25.7 Å². The van der Waals surface area contributed by atoms with Crippen molar-refractivity contribution in [3.8, 4) is 0 Å². The Bertz CT molecular complexity index is 710. The van der Waals surface area contributed by atoms with Crippen LogP contribution in [0.15, 0.2) is 35.1 Å². The van der Waals surface area contributed by atoms with E-state index < -0.39 is 0 Å². The van der Waals surface area contributed by atoms with Crippen molar-refractivity contribution in [2.24, 2.45) is 0 Å². The first-order chi connectivity index (χ1) is 9.60. The van der Waals surface area contributed by atoms with E-state index in [0.717, 1.165) is 42.7 Å². The molecule has 0 fully saturated rings. The molecule has 0 saturated carbocycles. The molecule has 20 heavy (non-hydrogen) atoms. The molecule has 0 saturated heterocycles. The summed E-state index contributed by atoms with van der Waals surface area (Å²) in [5, 5.41) is 0. The molecule has 1 unspecified atom stereocenters. The molecule has 0 amide bonds. The second-order valence-electron chi connectivity index (χ2n) is 5.78. The lowest BCUT2D eigenvalue weighted by molar-refractivity contribution is 0.186. The molecule has 4 heteroatoms. The summed E-state index contributed by atoms with van der Waals surface area (Å²) < 4.78 is 1.90. The highest BCUT2D eigenvalue weighted by molar-refractivity contribution is 5.79. The fourth-order valence-corrected chi connectivity index (χ4v) is 3.19. The summed E-state index contributed by atoms with van der Waals surface area (Å²) >= 11 is 0. The molecule has 0 radical (unpaired) electrons. The summed E-state index contributed by atoms with van der Waals surface area (Å²) in [6, 6.07) is 6.49. The van der Waals surface area contributed by atoms with E-state index in [9.17, 15) is 4.79 Å². The van der Waals surface area contributed by atoms with Gasteiger partial charge in [0.05, 0.1) is 11.0 Å². The molecule has 1 aliphatic heterocycles. The highest BCUT2D eigenvalue weighted by Gasteiger charge is 2.25. The van der Waals surface area contributed by atoms with Gasteiger partial charge >= 0.3 is 5.69 Å². The molecule has 0 spiro atoms. The van der Waals surface area contributed by atoms with Crippen LogP contribution < -0.4 is 5.69 Å². The van der Waals surface area contributed by atoms with Crippen LogP contribution in [-0.2, 0) is 13.1 Å². The lowest BCUT2D eigenvalue weighted by atomic mass is 10.1. The molecular formula is C16H21N3O. The average Bonchev–Trinajstić information content (AvgIpc) is 2.61. The predicted octanol–water partition coefficient (Wildman–Crippen LogP) is 2.50. The summed E-state index contributed by atoms with van der Waals surface area (Å²) in [6.45, 7) is 10.8. The Balaban J connectivity index is 2.13.